The Hall–Kier alpha value is -2.53. The normalized spacial score (nSPS) is 15.2. The Balaban J connectivity index is 1.23. The quantitative estimate of drug-likeness (QED) is 0.256. The Morgan fingerprint density at radius 1 is 1.06 bits per heavy atom. The third-order valence-corrected chi connectivity index (χ3v) is 7.92. The summed E-state index contributed by atoms with van der Waals surface area (Å²) < 4.78 is 12.3. The molecule has 1 aliphatic carbocycles. The van der Waals surface area contributed by atoms with E-state index < -0.39 is 0 Å². The minimum atomic E-state index is 0.401. The van der Waals surface area contributed by atoms with Crippen LogP contribution in [-0.2, 0) is 26.4 Å². The molecule has 0 radical (unpaired) electrons. The predicted octanol–water partition coefficient (Wildman–Crippen LogP) is 7.40. The number of hydrogen-bond donors (Lipinski definition) is 0. The lowest BCUT2D eigenvalue weighted by Gasteiger charge is -2.17. The molecule has 33 heavy (non-hydrogen) atoms. The van der Waals surface area contributed by atoms with Gasteiger partial charge in [0, 0.05) is 25.5 Å². The van der Waals surface area contributed by atoms with Crippen LogP contribution in [0.1, 0.15) is 63.1 Å². The maximum Gasteiger partial charge on any atom is 0.156 e. The summed E-state index contributed by atoms with van der Waals surface area (Å²) in [5.74, 6) is 2.12. The van der Waals surface area contributed by atoms with Gasteiger partial charge in [0.05, 0.1) is 22.0 Å². The van der Waals surface area contributed by atoms with Crippen molar-refractivity contribution >= 4 is 21.6 Å². The zero-order valence-electron chi connectivity index (χ0n) is 19.9. The minimum Gasteiger partial charge on any atom is -0.490 e. The van der Waals surface area contributed by atoms with Gasteiger partial charge in [-0.05, 0) is 80.2 Å². The average molecular weight is 462 g/mol. The van der Waals surface area contributed by atoms with Gasteiger partial charge >= 0.3 is 0 Å². The molecule has 0 spiro atoms. The minimum absolute atomic E-state index is 0.401. The summed E-state index contributed by atoms with van der Waals surface area (Å²) in [6.07, 6.45) is 13.3. The van der Waals surface area contributed by atoms with Crippen molar-refractivity contribution < 1.29 is 4.74 Å². The Bertz CT molecular complexity index is 1180. The second-order valence-electron chi connectivity index (χ2n) is 9.32. The van der Waals surface area contributed by atoms with E-state index in [1.54, 1.807) is 11.3 Å². The van der Waals surface area contributed by atoms with E-state index in [1.807, 2.05) is 0 Å². The number of hydrogen-bond acceptors (Lipinski definition) is 3. The van der Waals surface area contributed by atoms with Crippen molar-refractivity contribution in [1.29, 1.82) is 0 Å². The molecule has 4 aromatic rings. The molecular weight excluding hydrogens is 426 g/mol. The van der Waals surface area contributed by atoms with Crippen molar-refractivity contribution in [3.8, 4) is 17.3 Å². The highest BCUT2D eigenvalue weighted by Gasteiger charge is 2.17. The van der Waals surface area contributed by atoms with Crippen LogP contribution in [0.3, 0.4) is 0 Å². The van der Waals surface area contributed by atoms with Crippen molar-refractivity contribution in [2.24, 2.45) is 7.05 Å². The fraction of sp³-hybridized carbons (Fsp3) is 0.464. The number of imidazole rings is 1. The maximum absolute atomic E-state index is 6.26. The van der Waals surface area contributed by atoms with E-state index in [2.05, 4.69) is 71.1 Å². The second kappa shape index (κ2) is 10.2. The van der Waals surface area contributed by atoms with E-state index in [0.717, 1.165) is 37.4 Å². The molecule has 0 amide bonds. The van der Waals surface area contributed by atoms with Crippen molar-refractivity contribution in [2.75, 3.05) is 0 Å². The van der Waals surface area contributed by atoms with Gasteiger partial charge in [0.1, 0.15) is 5.75 Å². The van der Waals surface area contributed by atoms with Crippen LogP contribution < -0.4 is 4.74 Å². The van der Waals surface area contributed by atoms with E-state index in [1.165, 1.54) is 65.7 Å². The van der Waals surface area contributed by atoms with Crippen LogP contribution in [0, 0.1) is 0 Å². The predicted molar refractivity (Wildman–Crippen MR) is 138 cm³/mol. The van der Waals surface area contributed by atoms with Crippen molar-refractivity contribution in [2.45, 2.75) is 77.4 Å². The highest BCUT2D eigenvalue weighted by Crippen LogP contribution is 2.31. The van der Waals surface area contributed by atoms with Gasteiger partial charge in [0.2, 0.25) is 0 Å². The lowest BCUT2D eigenvalue weighted by atomic mass is 10.1. The van der Waals surface area contributed by atoms with E-state index >= 15 is 0 Å². The van der Waals surface area contributed by atoms with Gasteiger partial charge in [-0.3, -0.25) is 0 Å². The summed E-state index contributed by atoms with van der Waals surface area (Å²) in [7, 11) is 2.15. The monoisotopic (exact) mass is 461 g/mol. The number of nitrogens with zero attached hydrogens (tertiary/aromatic N) is 3. The van der Waals surface area contributed by atoms with Crippen LogP contribution in [0.2, 0.25) is 0 Å². The van der Waals surface area contributed by atoms with E-state index in [9.17, 15) is 0 Å². The Morgan fingerprint density at radius 2 is 1.85 bits per heavy atom. The molecule has 1 aromatic carbocycles. The first-order chi connectivity index (χ1) is 16.2. The first-order valence-electron chi connectivity index (χ1n) is 12.6. The highest BCUT2D eigenvalue weighted by molar-refractivity contribution is 7.17. The van der Waals surface area contributed by atoms with E-state index in [4.69, 9.17) is 9.72 Å². The largest absolute Gasteiger partial charge is 0.490 e. The lowest BCUT2D eigenvalue weighted by Crippen LogP contribution is -2.14. The number of thiophene rings is 1. The molecule has 3 heterocycles. The molecule has 1 fully saturated rings. The summed E-state index contributed by atoms with van der Waals surface area (Å²) in [6, 6.07) is 13.3. The molecule has 0 N–H and O–H groups in total. The van der Waals surface area contributed by atoms with Crippen LogP contribution in [0.4, 0.5) is 0 Å². The number of fused-ring (bicyclic) bond motifs is 1. The molecular formula is C28H35N3OS. The first kappa shape index (κ1) is 22.3. The fourth-order valence-electron chi connectivity index (χ4n) is 5.14. The molecule has 5 rings (SSSR count). The summed E-state index contributed by atoms with van der Waals surface area (Å²) in [5.41, 5.74) is 5.18. The number of benzene rings is 1. The smallest absolute Gasteiger partial charge is 0.156 e. The van der Waals surface area contributed by atoms with Gasteiger partial charge in [0.25, 0.3) is 0 Å². The van der Waals surface area contributed by atoms with Crippen LogP contribution in [0.5, 0.6) is 5.75 Å². The molecule has 1 aliphatic rings. The van der Waals surface area contributed by atoms with Crippen LogP contribution >= 0.6 is 11.3 Å². The number of aryl methyl sites for hydroxylation is 3. The third kappa shape index (κ3) is 4.89. The third-order valence-electron chi connectivity index (χ3n) is 7.07. The van der Waals surface area contributed by atoms with Crippen LogP contribution in [0.25, 0.3) is 21.7 Å². The van der Waals surface area contributed by atoms with Crippen LogP contribution in [0.15, 0.2) is 48.0 Å². The molecule has 0 bridgehead atoms. The molecule has 174 valence electrons. The molecule has 0 atom stereocenters. The van der Waals surface area contributed by atoms with E-state index in [0.29, 0.717) is 6.10 Å². The van der Waals surface area contributed by atoms with Crippen molar-refractivity contribution in [1.82, 2.24) is 14.1 Å². The molecule has 0 saturated heterocycles. The number of aromatic nitrogens is 3. The van der Waals surface area contributed by atoms with Gasteiger partial charge in [0.15, 0.2) is 5.82 Å². The standard InChI is InChI=1S/C28H35N3OS/c1-3-22-20-29-28(26-19-27-25(30(26)2)16-18-33-27)31(22)17-8-9-21-12-14-24(15-13-21)32-23-10-6-4-5-7-11-23/h12-16,18-20,23H,3-11,17H2,1-2H3. The van der Waals surface area contributed by atoms with Gasteiger partial charge in [-0.15, -0.1) is 11.3 Å². The van der Waals surface area contributed by atoms with Gasteiger partial charge in [-0.2, -0.15) is 0 Å². The zero-order valence-corrected chi connectivity index (χ0v) is 20.7. The summed E-state index contributed by atoms with van der Waals surface area (Å²) in [6.45, 7) is 3.20. The molecule has 0 aliphatic heterocycles. The van der Waals surface area contributed by atoms with Crippen LogP contribution in [-0.4, -0.2) is 20.2 Å². The SMILES string of the molecule is CCc1cnc(-c2cc3sccc3n2C)n1CCCc1ccc(OC2CCCCCC2)cc1. The van der Waals surface area contributed by atoms with Crippen molar-refractivity contribution in [3.05, 3.63) is 59.2 Å². The van der Waals surface area contributed by atoms with Gasteiger partial charge in [-0.25, -0.2) is 4.98 Å². The maximum atomic E-state index is 6.26. The molecule has 5 heteroatoms. The summed E-state index contributed by atoms with van der Waals surface area (Å²) >= 11 is 1.80. The molecule has 3 aromatic heterocycles. The first-order valence-corrected chi connectivity index (χ1v) is 13.4. The zero-order chi connectivity index (χ0) is 22.6. The Labute approximate surface area is 201 Å². The average Bonchev–Trinajstić information content (AvgIpc) is 3.47. The molecule has 4 nitrogen and oxygen atoms in total. The summed E-state index contributed by atoms with van der Waals surface area (Å²) in [4.78, 5) is 4.82. The lowest BCUT2D eigenvalue weighted by molar-refractivity contribution is 0.183. The van der Waals surface area contributed by atoms with Crippen molar-refractivity contribution in [3.63, 3.8) is 0 Å². The molecule has 1 saturated carbocycles. The number of ether oxygens (including phenoxy) is 1. The number of rotatable bonds is 8. The Morgan fingerprint density at radius 3 is 2.58 bits per heavy atom. The highest BCUT2D eigenvalue weighted by atomic mass is 32.1. The summed E-state index contributed by atoms with van der Waals surface area (Å²) in [5, 5.41) is 2.16. The van der Waals surface area contributed by atoms with Gasteiger partial charge in [-0.1, -0.05) is 31.9 Å². The topological polar surface area (TPSA) is 32.0 Å². The van der Waals surface area contributed by atoms with E-state index in [-0.39, 0.29) is 0 Å². The fourth-order valence-corrected chi connectivity index (χ4v) is 5.99. The Kier molecular flexibility index (Phi) is 6.86. The second-order valence-corrected chi connectivity index (χ2v) is 10.3. The molecule has 0 unspecified atom stereocenters. The van der Waals surface area contributed by atoms with Gasteiger partial charge < -0.3 is 13.9 Å².